The van der Waals surface area contributed by atoms with Crippen molar-refractivity contribution < 1.29 is 19.1 Å². The predicted octanol–water partition coefficient (Wildman–Crippen LogP) is 5.53. The Labute approximate surface area is 220 Å². The molecule has 2 aromatic rings. The Morgan fingerprint density at radius 2 is 1.63 bits per heavy atom. The van der Waals surface area contributed by atoms with Crippen molar-refractivity contribution in [1.82, 2.24) is 9.80 Å². The van der Waals surface area contributed by atoms with E-state index in [4.69, 9.17) is 21.7 Å². The van der Waals surface area contributed by atoms with E-state index in [9.17, 15) is 9.59 Å². The van der Waals surface area contributed by atoms with Crippen molar-refractivity contribution in [1.29, 1.82) is 0 Å². The highest BCUT2D eigenvalue weighted by Gasteiger charge is 2.37. The molecule has 1 aliphatic rings. The Morgan fingerprint density at radius 1 is 1.00 bits per heavy atom. The Morgan fingerprint density at radius 3 is 2.17 bits per heavy atom. The normalized spacial score (nSPS) is 13.8. The van der Waals surface area contributed by atoms with E-state index in [0.717, 1.165) is 15.6 Å². The fourth-order valence-electron chi connectivity index (χ4n) is 3.79. The summed E-state index contributed by atoms with van der Waals surface area (Å²) >= 11 is 8.80. The molecule has 0 aliphatic carbocycles. The van der Waals surface area contributed by atoms with E-state index in [0.29, 0.717) is 49.8 Å². The molecule has 2 amide bonds. The first-order valence-corrected chi connectivity index (χ1v) is 12.7. The van der Waals surface area contributed by atoms with E-state index in [1.165, 1.54) is 9.80 Å². The van der Waals surface area contributed by atoms with Gasteiger partial charge in [0.2, 0.25) is 0 Å². The largest absolute Gasteiger partial charge is 0.490 e. The molecule has 0 aromatic heterocycles. The fraction of sp³-hybridized carbons (Fsp3) is 0.296. The van der Waals surface area contributed by atoms with Gasteiger partial charge in [0.05, 0.1) is 6.61 Å². The molecule has 8 heteroatoms. The molecule has 0 spiro atoms. The number of halogens is 1. The standard InChI is InChI=1S/C27H29BrN2O4S/c1-5-9-20-14-19(15-22-25(31)29(6-2)27(35)30(7-3)26(22)32)16-23(33-8-4)24(20)34-17-18-10-12-21(28)13-11-18/h5,10-16H,1,6-9,17H2,2-4H3. The molecular weight excluding hydrogens is 528 g/mol. The summed E-state index contributed by atoms with van der Waals surface area (Å²) in [4.78, 5) is 29.0. The summed E-state index contributed by atoms with van der Waals surface area (Å²) in [6.07, 6.45) is 3.91. The summed E-state index contributed by atoms with van der Waals surface area (Å²) in [5, 5.41) is 0.237. The smallest absolute Gasteiger partial charge is 0.265 e. The Hall–Kier alpha value is -2.97. The molecule has 1 heterocycles. The van der Waals surface area contributed by atoms with Crippen LogP contribution in [0.2, 0.25) is 0 Å². The minimum atomic E-state index is -0.397. The third kappa shape index (κ3) is 6.00. The van der Waals surface area contributed by atoms with E-state index in [1.807, 2.05) is 51.1 Å². The van der Waals surface area contributed by atoms with E-state index in [1.54, 1.807) is 18.2 Å². The SMILES string of the molecule is C=CCc1cc(C=C2C(=O)N(CC)C(=S)N(CC)C2=O)cc(OCC)c1OCc1ccc(Br)cc1. The zero-order chi connectivity index (χ0) is 25.5. The number of likely N-dealkylation sites (N-methyl/N-ethyl adjacent to an activating group) is 2. The summed E-state index contributed by atoms with van der Waals surface area (Å²) in [5.41, 5.74) is 2.59. The number of benzene rings is 2. The lowest BCUT2D eigenvalue weighted by atomic mass is 10.0. The summed E-state index contributed by atoms with van der Waals surface area (Å²) in [6, 6.07) is 11.6. The lowest BCUT2D eigenvalue weighted by Crippen LogP contribution is -2.55. The van der Waals surface area contributed by atoms with Crippen LogP contribution < -0.4 is 9.47 Å². The Kier molecular flexibility index (Phi) is 9.23. The maximum atomic E-state index is 13.1. The van der Waals surface area contributed by atoms with Crippen LogP contribution >= 0.6 is 28.1 Å². The zero-order valence-corrected chi connectivity index (χ0v) is 22.6. The first-order valence-electron chi connectivity index (χ1n) is 11.5. The second kappa shape index (κ2) is 12.1. The van der Waals surface area contributed by atoms with Gasteiger partial charge in [-0.05, 0) is 80.9 Å². The number of allylic oxidation sites excluding steroid dienone is 1. The monoisotopic (exact) mass is 556 g/mol. The van der Waals surface area contributed by atoms with Gasteiger partial charge in [0, 0.05) is 23.1 Å². The number of ether oxygens (including phenoxy) is 2. The first-order chi connectivity index (χ1) is 16.8. The molecule has 0 bridgehead atoms. The lowest BCUT2D eigenvalue weighted by molar-refractivity contribution is -0.133. The maximum absolute atomic E-state index is 13.1. The van der Waals surface area contributed by atoms with Gasteiger partial charge in [-0.25, -0.2) is 0 Å². The third-order valence-corrected chi connectivity index (χ3v) is 6.44. The van der Waals surface area contributed by atoms with E-state index >= 15 is 0 Å². The number of rotatable bonds is 10. The third-order valence-electron chi connectivity index (χ3n) is 5.47. The van der Waals surface area contributed by atoms with Gasteiger partial charge in [0.25, 0.3) is 11.8 Å². The summed E-state index contributed by atoms with van der Waals surface area (Å²) < 4.78 is 13.1. The van der Waals surface area contributed by atoms with Gasteiger partial charge in [0.1, 0.15) is 12.2 Å². The summed E-state index contributed by atoms with van der Waals surface area (Å²) in [6.45, 7) is 11.0. The number of thiocarbonyl (C=S) groups is 1. The number of carbonyl (C=O) groups is 2. The molecule has 0 radical (unpaired) electrons. The van der Waals surface area contributed by atoms with Crippen LogP contribution in [0.5, 0.6) is 11.5 Å². The van der Waals surface area contributed by atoms with Crippen molar-refractivity contribution in [3.8, 4) is 11.5 Å². The molecule has 1 aliphatic heterocycles. The topological polar surface area (TPSA) is 59.1 Å². The van der Waals surface area contributed by atoms with E-state index in [2.05, 4.69) is 22.5 Å². The van der Waals surface area contributed by atoms with E-state index < -0.39 is 11.8 Å². The van der Waals surface area contributed by atoms with Crippen LogP contribution in [0.15, 0.2) is 59.1 Å². The predicted molar refractivity (Wildman–Crippen MR) is 145 cm³/mol. The van der Waals surface area contributed by atoms with Crippen LogP contribution in [0.25, 0.3) is 6.08 Å². The van der Waals surface area contributed by atoms with Gasteiger partial charge in [-0.3, -0.25) is 19.4 Å². The van der Waals surface area contributed by atoms with Crippen LogP contribution in [0, 0.1) is 0 Å². The van der Waals surface area contributed by atoms with Gasteiger partial charge in [-0.15, -0.1) is 6.58 Å². The molecule has 1 saturated heterocycles. The van der Waals surface area contributed by atoms with Gasteiger partial charge >= 0.3 is 0 Å². The number of nitrogens with zero attached hydrogens (tertiary/aromatic N) is 2. The van der Waals surface area contributed by atoms with Crippen molar-refractivity contribution in [2.24, 2.45) is 0 Å². The second-order valence-corrected chi connectivity index (χ2v) is 9.07. The molecule has 0 atom stereocenters. The number of hydrogen-bond acceptors (Lipinski definition) is 5. The highest BCUT2D eigenvalue weighted by atomic mass is 79.9. The summed E-state index contributed by atoms with van der Waals surface area (Å²) in [7, 11) is 0. The summed E-state index contributed by atoms with van der Waals surface area (Å²) in [5.74, 6) is 0.364. The van der Waals surface area contributed by atoms with Crippen molar-refractivity contribution in [3.63, 3.8) is 0 Å². The molecular formula is C27H29BrN2O4S. The Bertz CT molecular complexity index is 1130. The molecule has 0 saturated carbocycles. The minimum Gasteiger partial charge on any atom is -0.490 e. The second-order valence-electron chi connectivity index (χ2n) is 7.79. The van der Waals surface area contributed by atoms with E-state index in [-0.39, 0.29) is 10.7 Å². The number of carbonyl (C=O) groups excluding carboxylic acids is 2. The van der Waals surface area contributed by atoms with Gasteiger partial charge in [0.15, 0.2) is 16.6 Å². The highest BCUT2D eigenvalue weighted by Crippen LogP contribution is 2.36. The van der Waals surface area contributed by atoms with Crippen LogP contribution in [-0.4, -0.2) is 46.4 Å². The molecule has 184 valence electrons. The average molecular weight is 558 g/mol. The van der Waals surface area contributed by atoms with Crippen molar-refractivity contribution in [2.45, 2.75) is 33.8 Å². The van der Waals surface area contributed by atoms with Crippen molar-refractivity contribution in [2.75, 3.05) is 19.7 Å². The first kappa shape index (κ1) is 26.6. The molecule has 0 N–H and O–H groups in total. The number of amides is 2. The molecule has 1 fully saturated rings. The average Bonchev–Trinajstić information content (AvgIpc) is 2.83. The van der Waals surface area contributed by atoms with Crippen LogP contribution in [0.4, 0.5) is 0 Å². The minimum absolute atomic E-state index is 0.0674. The molecule has 2 aromatic carbocycles. The van der Waals surface area contributed by atoms with Crippen LogP contribution in [-0.2, 0) is 22.6 Å². The Balaban J connectivity index is 2.03. The number of hydrogen-bond donors (Lipinski definition) is 0. The highest BCUT2D eigenvalue weighted by molar-refractivity contribution is 9.10. The van der Waals surface area contributed by atoms with Crippen LogP contribution in [0.1, 0.15) is 37.5 Å². The quantitative estimate of drug-likeness (QED) is 0.166. The van der Waals surface area contributed by atoms with Crippen molar-refractivity contribution in [3.05, 3.63) is 75.8 Å². The molecule has 6 nitrogen and oxygen atoms in total. The molecule has 35 heavy (non-hydrogen) atoms. The van der Waals surface area contributed by atoms with Gasteiger partial charge in [-0.1, -0.05) is 34.1 Å². The van der Waals surface area contributed by atoms with Gasteiger partial charge < -0.3 is 9.47 Å². The molecule has 3 rings (SSSR count). The fourth-order valence-corrected chi connectivity index (χ4v) is 4.47. The maximum Gasteiger partial charge on any atom is 0.265 e. The van der Waals surface area contributed by atoms with Gasteiger partial charge in [-0.2, -0.15) is 0 Å². The van der Waals surface area contributed by atoms with Crippen molar-refractivity contribution >= 4 is 51.2 Å². The van der Waals surface area contributed by atoms with Crippen LogP contribution in [0.3, 0.4) is 0 Å². The zero-order valence-electron chi connectivity index (χ0n) is 20.2. The molecule has 0 unspecified atom stereocenters. The lowest BCUT2D eigenvalue weighted by Gasteiger charge is -2.35.